The number of hydrogen-bond acceptors (Lipinski definition) is 4. The Kier molecular flexibility index (Phi) is 12.2. The van der Waals surface area contributed by atoms with Crippen LogP contribution in [0.2, 0.25) is 0 Å². The molecule has 1 aliphatic rings. The van der Waals surface area contributed by atoms with Gasteiger partial charge in [-0.05, 0) is 68.2 Å². The van der Waals surface area contributed by atoms with Crippen LogP contribution in [0.4, 0.5) is 0 Å². The fourth-order valence-corrected chi connectivity index (χ4v) is 4.26. The molecule has 1 aromatic rings. The minimum atomic E-state index is -0.0502. The van der Waals surface area contributed by atoms with Crippen molar-refractivity contribution < 1.29 is 9.59 Å². The van der Waals surface area contributed by atoms with E-state index < -0.39 is 0 Å². The van der Waals surface area contributed by atoms with E-state index >= 15 is 0 Å². The van der Waals surface area contributed by atoms with Crippen LogP contribution in [0.5, 0.6) is 0 Å². The Labute approximate surface area is 217 Å². The standard InChI is InChI=1S/C30H42N4O2/c1-5-26(12-6-10-24(2)11-7-19-31)27-13-15-28(16-14-27)29(36)34(22-9-20-32-25(3)35)23-21-33-30(4)17-8-18-30/h6-7,10-16,24,33H,5,8-9,17-18,20-23H2,1-4H3,(H,32,35)/b10-6-,11-7+,26-12+. The van der Waals surface area contributed by atoms with Gasteiger partial charge in [0.2, 0.25) is 5.91 Å². The van der Waals surface area contributed by atoms with Crippen molar-refractivity contribution in [2.45, 2.75) is 65.3 Å². The molecule has 6 nitrogen and oxygen atoms in total. The largest absolute Gasteiger partial charge is 0.356 e. The number of benzene rings is 1. The molecule has 0 aliphatic heterocycles. The normalized spacial score (nSPS) is 15.9. The molecule has 2 N–H and O–H groups in total. The Morgan fingerprint density at radius 1 is 1.14 bits per heavy atom. The van der Waals surface area contributed by atoms with Crippen molar-refractivity contribution in [2.75, 3.05) is 26.2 Å². The fourth-order valence-electron chi connectivity index (χ4n) is 4.26. The van der Waals surface area contributed by atoms with Gasteiger partial charge in [-0.2, -0.15) is 5.26 Å². The zero-order valence-corrected chi connectivity index (χ0v) is 22.3. The molecule has 1 aromatic carbocycles. The SMILES string of the molecule is CC/C(=C\C=C/C(C)/C=C/C#N)c1ccc(C(=O)N(CCCNC(C)=O)CCNC2(C)CCC2)cc1. The molecular formula is C30H42N4O2. The number of carbonyl (C=O) groups excluding carboxylic acids is 2. The molecule has 0 bridgehead atoms. The van der Waals surface area contributed by atoms with E-state index in [1.165, 1.54) is 37.8 Å². The highest BCUT2D eigenvalue weighted by molar-refractivity contribution is 5.94. The number of nitrogens with one attached hydrogen (secondary N) is 2. The molecule has 36 heavy (non-hydrogen) atoms. The highest BCUT2D eigenvalue weighted by atomic mass is 16.2. The van der Waals surface area contributed by atoms with Gasteiger partial charge in [0, 0.05) is 50.3 Å². The van der Waals surface area contributed by atoms with E-state index in [0.29, 0.717) is 25.2 Å². The van der Waals surface area contributed by atoms with Crippen molar-refractivity contribution >= 4 is 17.4 Å². The first-order chi connectivity index (χ1) is 17.3. The average molecular weight is 491 g/mol. The Hall–Kier alpha value is -3.17. The summed E-state index contributed by atoms with van der Waals surface area (Å²) in [6.45, 7) is 10.5. The quantitative estimate of drug-likeness (QED) is 0.212. The second-order valence-electron chi connectivity index (χ2n) is 9.82. The Balaban J connectivity index is 2.05. The molecule has 194 valence electrons. The van der Waals surface area contributed by atoms with Gasteiger partial charge in [0.15, 0.2) is 0 Å². The topological polar surface area (TPSA) is 85.2 Å². The molecule has 1 aliphatic carbocycles. The maximum Gasteiger partial charge on any atom is 0.253 e. The van der Waals surface area contributed by atoms with Gasteiger partial charge >= 0.3 is 0 Å². The lowest BCUT2D eigenvalue weighted by atomic mass is 9.78. The van der Waals surface area contributed by atoms with Crippen LogP contribution in [0, 0.1) is 17.2 Å². The van der Waals surface area contributed by atoms with Crippen LogP contribution in [-0.2, 0) is 4.79 Å². The van der Waals surface area contributed by atoms with Crippen molar-refractivity contribution in [2.24, 2.45) is 5.92 Å². The highest BCUT2D eigenvalue weighted by Gasteiger charge is 2.30. The number of amides is 2. The van der Waals surface area contributed by atoms with E-state index in [4.69, 9.17) is 5.26 Å². The van der Waals surface area contributed by atoms with E-state index in [9.17, 15) is 9.59 Å². The van der Waals surface area contributed by atoms with Gasteiger partial charge < -0.3 is 15.5 Å². The van der Waals surface area contributed by atoms with Crippen molar-refractivity contribution in [3.63, 3.8) is 0 Å². The summed E-state index contributed by atoms with van der Waals surface area (Å²) in [5.41, 5.74) is 3.16. The third-order valence-corrected chi connectivity index (χ3v) is 6.73. The predicted octanol–water partition coefficient (Wildman–Crippen LogP) is 5.25. The number of nitriles is 1. The second-order valence-corrected chi connectivity index (χ2v) is 9.82. The molecule has 0 radical (unpaired) electrons. The molecule has 2 rings (SSSR count). The maximum absolute atomic E-state index is 13.4. The Bertz CT molecular complexity index is 981. The summed E-state index contributed by atoms with van der Waals surface area (Å²) in [6, 6.07) is 9.86. The van der Waals surface area contributed by atoms with Crippen LogP contribution >= 0.6 is 0 Å². The Morgan fingerprint density at radius 2 is 1.83 bits per heavy atom. The summed E-state index contributed by atoms with van der Waals surface area (Å²) >= 11 is 0. The third-order valence-electron chi connectivity index (χ3n) is 6.73. The van der Waals surface area contributed by atoms with E-state index in [0.717, 1.165) is 24.9 Å². The van der Waals surface area contributed by atoms with Crippen molar-refractivity contribution in [3.8, 4) is 6.07 Å². The van der Waals surface area contributed by atoms with Crippen LogP contribution in [-0.4, -0.2) is 48.4 Å². The molecule has 1 saturated carbocycles. The van der Waals surface area contributed by atoms with Gasteiger partial charge in [-0.1, -0.05) is 50.3 Å². The summed E-state index contributed by atoms with van der Waals surface area (Å²) in [6.07, 6.45) is 14.8. The minimum absolute atomic E-state index is 0.0185. The first-order valence-corrected chi connectivity index (χ1v) is 13.1. The van der Waals surface area contributed by atoms with Crippen molar-refractivity contribution in [3.05, 3.63) is 65.8 Å². The molecule has 0 heterocycles. The molecule has 2 amide bonds. The number of hydrogen-bond donors (Lipinski definition) is 2. The number of allylic oxidation sites excluding steroid dienone is 6. The molecular weight excluding hydrogens is 448 g/mol. The number of carbonyl (C=O) groups is 2. The van der Waals surface area contributed by atoms with Crippen LogP contribution in [0.3, 0.4) is 0 Å². The van der Waals surface area contributed by atoms with E-state index in [1.807, 2.05) is 54.3 Å². The highest BCUT2D eigenvalue weighted by Crippen LogP contribution is 2.30. The van der Waals surface area contributed by atoms with Gasteiger partial charge in [0.05, 0.1) is 6.07 Å². The molecule has 0 saturated heterocycles. The zero-order chi connectivity index (χ0) is 26.4. The first kappa shape index (κ1) is 29.1. The lowest BCUT2D eigenvalue weighted by Crippen LogP contribution is -2.51. The van der Waals surface area contributed by atoms with Crippen molar-refractivity contribution in [1.29, 1.82) is 5.26 Å². The predicted molar refractivity (Wildman–Crippen MR) is 147 cm³/mol. The van der Waals surface area contributed by atoms with Gasteiger partial charge in [-0.15, -0.1) is 0 Å². The molecule has 6 heteroatoms. The van der Waals surface area contributed by atoms with Gasteiger partial charge in [0.1, 0.15) is 0 Å². The van der Waals surface area contributed by atoms with Gasteiger partial charge in [0.25, 0.3) is 5.91 Å². The lowest BCUT2D eigenvalue weighted by molar-refractivity contribution is -0.118. The third kappa shape index (κ3) is 9.83. The maximum atomic E-state index is 13.4. The van der Waals surface area contributed by atoms with Gasteiger partial charge in [-0.25, -0.2) is 0 Å². The molecule has 0 spiro atoms. The Morgan fingerprint density at radius 3 is 2.42 bits per heavy atom. The van der Waals surface area contributed by atoms with Crippen LogP contribution < -0.4 is 10.6 Å². The molecule has 0 aromatic heterocycles. The zero-order valence-electron chi connectivity index (χ0n) is 22.3. The second kappa shape index (κ2) is 15.1. The average Bonchev–Trinajstić information content (AvgIpc) is 2.85. The monoisotopic (exact) mass is 490 g/mol. The molecule has 1 fully saturated rings. The minimum Gasteiger partial charge on any atom is -0.356 e. The number of rotatable bonds is 14. The smallest absolute Gasteiger partial charge is 0.253 e. The summed E-state index contributed by atoms with van der Waals surface area (Å²) in [5.74, 6) is 0.160. The summed E-state index contributed by atoms with van der Waals surface area (Å²) in [4.78, 5) is 26.4. The lowest BCUT2D eigenvalue weighted by Gasteiger charge is -2.40. The van der Waals surface area contributed by atoms with Crippen LogP contribution in [0.1, 0.15) is 75.7 Å². The summed E-state index contributed by atoms with van der Waals surface area (Å²) < 4.78 is 0. The van der Waals surface area contributed by atoms with Crippen LogP contribution in [0.15, 0.2) is 54.6 Å². The number of nitrogens with zero attached hydrogens (tertiary/aromatic N) is 2. The van der Waals surface area contributed by atoms with Crippen LogP contribution in [0.25, 0.3) is 5.57 Å². The molecule has 1 unspecified atom stereocenters. The fraction of sp³-hybridized carbons (Fsp3) is 0.500. The summed E-state index contributed by atoms with van der Waals surface area (Å²) in [5, 5.41) is 15.1. The molecule has 1 atom stereocenters. The van der Waals surface area contributed by atoms with Gasteiger partial charge in [-0.3, -0.25) is 9.59 Å². The van der Waals surface area contributed by atoms with Crippen molar-refractivity contribution in [1.82, 2.24) is 15.5 Å². The van der Waals surface area contributed by atoms with E-state index in [-0.39, 0.29) is 23.3 Å². The summed E-state index contributed by atoms with van der Waals surface area (Å²) in [7, 11) is 0. The van der Waals surface area contributed by atoms with E-state index in [1.54, 1.807) is 0 Å². The van der Waals surface area contributed by atoms with E-state index in [2.05, 4.69) is 36.6 Å². The first-order valence-electron chi connectivity index (χ1n) is 13.1.